The predicted octanol–water partition coefficient (Wildman–Crippen LogP) is 1.25. The van der Waals surface area contributed by atoms with Crippen molar-refractivity contribution in [3.05, 3.63) is 11.8 Å². The van der Waals surface area contributed by atoms with E-state index in [0.717, 1.165) is 0 Å². The number of rotatable bonds is 2. The third-order valence-corrected chi connectivity index (χ3v) is 1.35. The highest BCUT2D eigenvalue weighted by Gasteiger charge is 2.17. The maximum absolute atomic E-state index is 10.7. The fraction of sp³-hybridized carbons (Fsp3) is 0.556. The molecule has 0 aromatic heterocycles. The molecule has 0 radical (unpaired) electrons. The van der Waals surface area contributed by atoms with Gasteiger partial charge in [-0.3, -0.25) is 9.59 Å². The molecule has 0 fully saturated rings. The van der Waals surface area contributed by atoms with Crippen LogP contribution in [0.25, 0.3) is 0 Å². The summed E-state index contributed by atoms with van der Waals surface area (Å²) in [7, 11) is 0. The number of amides is 1. The van der Waals surface area contributed by atoms with Crippen LogP contribution in [0.3, 0.4) is 0 Å². The Kier molecular flexibility index (Phi) is 3.67. The van der Waals surface area contributed by atoms with Crippen LogP contribution in [-0.2, 0) is 9.59 Å². The van der Waals surface area contributed by atoms with Gasteiger partial charge in [0.1, 0.15) is 6.29 Å². The molecule has 0 spiro atoms. The molecule has 1 amide bonds. The van der Waals surface area contributed by atoms with Gasteiger partial charge in [0.25, 0.3) is 0 Å². The molecular formula is C9H15NO2. The highest BCUT2D eigenvalue weighted by atomic mass is 16.1. The quantitative estimate of drug-likeness (QED) is 0.499. The van der Waals surface area contributed by atoms with Gasteiger partial charge in [-0.2, -0.15) is 0 Å². The SMILES string of the molecule is CC(=O)NC(=CC=O)C(C)(C)C. The summed E-state index contributed by atoms with van der Waals surface area (Å²) in [6.45, 7) is 7.21. The lowest BCUT2D eigenvalue weighted by molar-refractivity contribution is -0.118. The van der Waals surface area contributed by atoms with Crippen molar-refractivity contribution in [1.29, 1.82) is 0 Å². The number of hydrogen-bond acceptors (Lipinski definition) is 2. The van der Waals surface area contributed by atoms with E-state index in [9.17, 15) is 9.59 Å². The topological polar surface area (TPSA) is 46.2 Å². The second-order valence-electron chi connectivity index (χ2n) is 3.65. The van der Waals surface area contributed by atoms with Crippen molar-refractivity contribution in [3.63, 3.8) is 0 Å². The summed E-state index contributed by atoms with van der Waals surface area (Å²) in [4.78, 5) is 20.9. The Hall–Kier alpha value is -1.12. The zero-order chi connectivity index (χ0) is 9.78. The Morgan fingerprint density at radius 3 is 2.08 bits per heavy atom. The zero-order valence-electron chi connectivity index (χ0n) is 7.97. The van der Waals surface area contributed by atoms with E-state index in [1.165, 1.54) is 13.0 Å². The number of aldehydes is 1. The van der Waals surface area contributed by atoms with Gasteiger partial charge in [-0.25, -0.2) is 0 Å². The molecular weight excluding hydrogens is 154 g/mol. The van der Waals surface area contributed by atoms with E-state index in [2.05, 4.69) is 5.32 Å². The fourth-order valence-electron chi connectivity index (χ4n) is 0.737. The Bertz CT molecular complexity index is 211. The van der Waals surface area contributed by atoms with Crippen LogP contribution in [0.2, 0.25) is 0 Å². The molecule has 0 aliphatic rings. The lowest BCUT2D eigenvalue weighted by Gasteiger charge is -2.22. The number of carbonyl (C=O) groups excluding carboxylic acids is 2. The summed E-state index contributed by atoms with van der Waals surface area (Å²) in [6, 6.07) is 0. The molecule has 3 heteroatoms. The molecule has 0 saturated heterocycles. The summed E-state index contributed by atoms with van der Waals surface area (Å²) >= 11 is 0. The van der Waals surface area contributed by atoms with Crippen LogP contribution >= 0.6 is 0 Å². The molecule has 68 valence electrons. The lowest BCUT2D eigenvalue weighted by atomic mass is 9.91. The van der Waals surface area contributed by atoms with Gasteiger partial charge in [0.15, 0.2) is 0 Å². The summed E-state index contributed by atoms with van der Waals surface area (Å²) in [5.41, 5.74) is 0.442. The number of nitrogens with one attached hydrogen (secondary N) is 1. The Labute approximate surface area is 72.8 Å². The summed E-state index contributed by atoms with van der Waals surface area (Å²) < 4.78 is 0. The molecule has 0 aromatic carbocycles. The van der Waals surface area contributed by atoms with E-state index >= 15 is 0 Å². The van der Waals surface area contributed by atoms with Gasteiger partial charge < -0.3 is 5.32 Å². The van der Waals surface area contributed by atoms with Gasteiger partial charge in [-0.15, -0.1) is 0 Å². The minimum Gasteiger partial charge on any atom is -0.329 e. The third-order valence-electron chi connectivity index (χ3n) is 1.35. The molecule has 0 aliphatic heterocycles. The van der Waals surface area contributed by atoms with Crippen LogP contribution in [-0.4, -0.2) is 12.2 Å². The van der Waals surface area contributed by atoms with Crippen LogP contribution in [0.5, 0.6) is 0 Å². The number of allylic oxidation sites excluding steroid dienone is 2. The van der Waals surface area contributed by atoms with E-state index < -0.39 is 0 Å². The highest BCUT2D eigenvalue weighted by Crippen LogP contribution is 2.21. The molecule has 0 atom stereocenters. The molecule has 0 aliphatic carbocycles. The second-order valence-corrected chi connectivity index (χ2v) is 3.65. The first kappa shape index (κ1) is 10.9. The minimum absolute atomic E-state index is 0.155. The summed E-state index contributed by atoms with van der Waals surface area (Å²) in [5, 5.41) is 2.61. The van der Waals surface area contributed by atoms with Crippen LogP contribution in [0.1, 0.15) is 27.7 Å². The minimum atomic E-state index is -0.202. The molecule has 0 heterocycles. The molecule has 0 saturated carbocycles. The van der Waals surface area contributed by atoms with Gasteiger partial charge in [0.05, 0.1) is 0 Å². The standard InChI is InChI=1S/C9H15NO2/c1-7(12)10-8(5-6-11)9(2,3)4/h5-6H,1-4H3,(H,10,12). The van der Waals surface area contributed by atoms with Crippen molar-refractivity contribution in [3.8, 4) is 0 Å². The van der Waals surface area contributed by atoms with Crippen LogP contribution in [0, 0.1) is 5.41 Å². The van der Waals surface area contributed by atoms with Gasteiger partial charge in [-0.1, -0.05) is 20.8 Å². The average molecular weight is 169 g/mol. The average Bonchev–Trinajstić information content (AvgIpc) is 1.83. The highest BCUT2D eigenvalue weighted by molar-refractivity contribution is 5.77. The van der Waals surface area contributed by atoms with Gasteiger partial charge in [-0.05, 0) is 6.08 Å². The van der Waals surface area contributed by atoms with Crippen LogP contribution in [0.4, 0.5) is 0 Å². The van der Waals surface area contributed by atoms with E-state index in [4.69, 9.17) is 0 Å². The maximum atomic E-state index is 10.7. The van der Waals surface area contributed by atoms with E-state index in [1.807, 2.05) is 20.8 Å². The largest absolute Gasteiger partial charge is 0.329 e. The Morgan fingerprint density at radius 1 is 1.33 bits per heavy atom. The third kappa shape index (κ3) is 3.91. The fourth-order valence-corrected chi connectivity index (χ4v) is 0.737. The van der Waals surface area contributed by atoms with E-state index in [0.29, 0.717) is 12.0 Å². The van der Waals surface area contributed by atoms with Gasteiger partial charge >= 0.3 is 0 Å². The molecule has 3 nitrogen and oxygen atoms in total. The zero-order valence-corrected chi connectivity index (χ0v) is 7.97. The van der Waals surface area contributed by atoms with Crippen molar-refractivity contribution >= 4 is 12.2 Å². The molecule has 12 heavy (non-hydrogen) atoms. The molecule has 0 bridgehead atoms. The molecule has 1 N–H and O–H groups in total. The molecule has 0 aromatic rings. The Morgan fingerprint density at radius 2 is 1.83 bits per heavy atom. The summed E-state index contributed by atoms with van der Waals surface area (Å²) in [5.74, 6) is -0.155. The summed E-state index contributed by atoms with van der Waals surface area (Å²) in [6.07, 6.45) is 2.05. The maximum Gasteiger partial charge on any atom is 0.221 e. The molecule has 0 unspecified atom stereocenters. The number of carbonyl (C=O) groups is 2. The van der Waals surface area contributed by atoms with Crippen molar-refractivity contribution < 1.29 is 9.59 Å². The monoisotopic (exact) mass is 169 g/mol. The Balaban J connectivity index is 4.57. The first-order chi connectivity index (χ1) is 5.38. The van der Waals surface area contributed by atoms with Crippen molar-refractivity contribution in [1.82, 2.24) is 5.32 Å². The lowest BCUT2D eigenvalue weighted by Crippen LogP contribution is -2.28. The van der Waals surface area contributed by atoms with Gasteiger partial charge in [0.2, 0.25) is 5.91 Å². The molecule has 0 rings (SSSR count). The van der Waals surface area contributed by atoms with E-state index in [1.54, 1.807) is 0 Å². The smallest absolute Gasteiger partial charge is 0.221 e. The first-order valence-electron chi connectivity index (χ1n) is 3.81. The van der Waals surface area contributed by atoms with Gasteiger partial charge in [0, 0.05) is 18.0 Å². The number of hydrogen-bond donors (Lipinski definition) is 1. The van der Waals surface area contributed by atoms with Crippen molar-refractivity contribution in [2.24, 2.45) is 5.41 Å². The van der Waals surface area contributed by atoms with E-state index in [-0.39, 0.29) is 11.3 Å². The first-order valence-corrected chi connectivity index (χ1v) is 3.81. The second kappa shape index (κ2) is 4.04. The van der Waals surface area contributed by atoms with Crippen LogP contribution in [0.15, 0.2) is 11.8 Å². The van der Waals surface area contributed by atoms with Crippen molar-refractivity contribution in [2.75, 3.05) is 0 Å². The normalized spacial score (nSPS) is 12.5. The van der Waals surface area contributed by atoms with Crippen molar-refractivity contribution in [2.45, 2.75) is 27.7 Å². The predicted molar refractivity (Wildman–Crippen MR) is 47.4 cm³/mol. The van der Waals surface area contributed by atoms with Crippen LogP contribution < -0.4 is 5.32 Å².